The Kier molecular flexibility index (Phi) is 10.1. The molecule has 0 radical (unpaired) electrons. The number of likely N-dealkylation sites (tertiary alicyclic amines) is 1. The van der Waals surface area contributed by atoms with Gasteiger partial charge in [-0.05, 0) is 50.5 Å². The maximum atomic E-state index is 12.6. The molecule has 6 heteroatoms. The van der Waals surface area contributed by atoms with Crippen LogP contribution in [0.3, 0.4) is 0 Å². The Bertz CT molecular complexity index is 608. The number of carbonyl (C=O) groups is 1. The minimum atomic E-state index is 0. The number of rotatable bonds is 6. The first-order valence-electron chi connectivity index (χ1n) is 10.6. The van der Waals surface area contributed by atoms with Crippen LogP contribution in [0.5, 0.6) is 0 Å². The molecule has 1 aromatic rings. The summed E-state index contributed by atoms with van der Waals surface area (Å²) in [4.78, 5) is 19.1. The SMILES string of the molecule is CCNC(=NCC(=O)N1CCC(Cc2ccccc2)CC1)NC1CCCC1.I. The van der Waals surface area contributed by atoms with Crippen LogP contribution in [0, 0.1) is 5.92 Å². The summed E-state index contributed by atoms with van der Waals surface area (Å²) in [5.41, 5.74) is 1.40. The van der Waals surface area contributed by atoms with Crippen LogP contribution in [0.2, 0.25) is 0 Å². The monoisotopic (exact) mass is 498 g/mol. The molecule has 0 aromatic heterocycles. The maximum absolute atomic E-state index is 12.6. The van der Waals surface area contributed by atoms with Crippen molar-refractivity contribution in [3.05, 3.63) is 35.9 Å². The van der Waals surface area contributed by atoms with Gasteiger partial charge >= 0.3 is 0 Å². The van der Waals surface area contributed by atoms with Crippen molar-refractivity contribution in [3.8, 4) is 0 Å². The van der Waals surface area contributed by atoms with Gasteiger partial charge in [-0.1, -0.05) is 43.2 Å². The second kappa shape index (κ2) is 12.3. The van der Waals surface area contributed by atoms with Crippen molar-refractivity contribution in [3.63, 3.8) is 0 Å². The van der Waals surface area contributed by atoms with Crippen LogP contribution in [-0.4, -0.2) is 49.0 Å². The molecule has 0 unspecified atom stereocenters. The standard InChI is InChI=1S/C22H34N4O.HI/c1-2-23-22(25-20-10-6-7-11-20)24-17-21(27)26-14-12-19(13-15-26)16-18-8-4-3-5-9-18;/h3-5,8-9,19-20H,2,6-7,10-17H2,1H3,(H2,23,24,25);1H. The lowest BCUT2D eigenvalue weighted by atomic mass is 9.90. The molecule has 2 N–H and O–H groups in total. The van der Waals surface area contributed by atoms with Crippen molar-refractivity contribution >= 4 is 35.8 Å². The lowest BCUT2D eigenvalue weighted by Crippen LogP contribution is -2.44. The van der Waals surface area contributed by atoms with Gasteiger partial charge < -0.3 is 15.5 Å². The summed E-state index contributed by atoms with van der Waals surface area (Å²) in [6, 6.07) is 11.2. The van der Waals surface area contributed by atoms with Crippen molar-refractivity contribution in [2.45, 2.75) is 57.9 Å². The fourth-order valence-corrected chi connectivity index (χ4v) is 4.16. The largest absolute Gasteiger partial charge is 0.357 e. The summed E-state index contributed by atoms with van der Waals surface area (Å²) in [6.07, 6.45) is 8.27. The lowest BCUT2D eigenvalue weighted by Gasteiger charge is -2.32. The van der Waals surface area contributed by atoms with Gasteiger partial charge in [0.05, 0.1) is 0 Å². The summed E-state index contributed by atoms with van der Waals surface area (Å²) >= 11 is 0. The van der Waals surface area contributed by atoms with Gasteiger partial charge in [-0.3, -0.25) is 4.79 Å². The van der Waals surface area contributed by atoms with Gasteiger partial charge in [-0.2, -0.15) is 0 Å². The summed E-state index contributed by atoms with van der Waals surface area (Å²) < 4.78 is 0. The Morgan fingerprint density at radius 3 is 2.43 bits per heavy atom. The summed E-state index contributed by atoms with van der Waals surface area (Å²) in [6.45, 7) is 4.84. The van der Waals surface area contributed by atoms with Crippen LogP contribution in [0.25, 0.3) is 0 Å². The summed E-state index contributed by atoms with van der Waals surface area (Å²) in [5, 5.41) is 6.75. The smallest absolute Gasteiger partial charge is 0.244 e. The van der Waals surface area contributed by atoms with E-state index < -0.39 is 0 Å². The molecule has 2 fully saturated rings. The number of carbonyl (C=O) groups excluding carboxylic acids is 1. The van der Waals surface area contributed by atoms with E-state index in [0.29, 0.717) is 12.0 Å². The second-order valence-corrected chi connectivity index (χ2v) is 7.83. The van der Waals surface area contributed by atoms with Crippen LogP contribution >= 0.6 is 24.0 Å². The quantitative estimate of drug-likeness (QED) is 0.358. The average Bonchev–Trinajstić information content (AvgIpc) is 3.20. The Labute approximate surface area is 186 Å². The molecule has 1 amide bonds. The minimum absolute atomic E-state index is 0. The molecule has 1 aliphatic heterocycles. The Hall–Kier alpha value is -1.31. The first-order valence-corrected chi connectivity index (χ1v) is 10.6. The van der Waals surface area contributed by atoms with Gasteiger partial charge in [0.15, 0.2) is 5.96 Å². The summed E-state index contributed by atoms with van der Waals surface area (Å²) in [5.74, 6) is 1.62. The number of nitrogens with zero attached hydrogens (tertiary/aromatic N) is 2. The van der Waals surface area contributed by atoms with E-state index in [9.17, 15) is 4.79 Å². The molecule has 0 bridgehead atoms. The van der Waals surface area contributed by atoms with Crippen molar-refractivity contribution < 1.29 is 4.79 Å². The van der Waals surface area contributed by atoms with Gasteiger partial charge in [-0.25, -0.2) is 4.99 Å². The highest BCUT2D eigenvalue weighted by molar-refractivity contribution is 14.0. The van der Waals surface area contributed by atoms with E-state index in [1.54, 1.807) is 0 Å². The number of nitrogens with one attached hydrogen (secondary N) is 2. The highest BCUT2D eigenvalue weighted by atomic mass is 127. The van der Waals surface area contributed by atoms with Gasteiger partial charge in [0.1, 0.15) is 6.54 Å². The normalized spacial score (nSPS) is 18.6. The van der Waals surface area contributed by atoms with Crippen LogP contribution in [-0.2, 0) is 11.2 Å². The molecule has 1 saturated carbocycles. The van der Waals surface area contributed by atoms with E-state index in [2.05, 4.69) is 52.9 Å². The van der Waals surface area contributed by atoms with Gasteiger partial charge in [0.25, 0.3) is 0 Å². The predicted molar refractivity (Wildman–Crippen MR) is 126 cm³/mol. The molecule has 28 heavy (non-hydrogen) atoms. The average molecular weight is 498 g/mol. The van der Waals surface area contributed by atoms with Crippen molar-refractivity contribution in [1.82, 2.24) is 15.5 Å². The molecular formula is C22H35IN4O. The third-order valence-electron chi connectivity index (χ3n) is 5.75. The van der Waals surface area contributed by atoms with E-state index in [1.807, 2.05) is 4.90 Å². The third-order valence-corrected chi connectivity index (χ3v) is 5.75. The second-order valence-electron chi connectivity index (χ2n) is 7.83. The Morgan fingerprint density at radius 1 is 1.11 bits per heavy atom. The van der Waals surface area contributed by atoms with Crippen molar-refractivity contribution in [2.24, 2.45) is 10.9 Å². The predicted octanol–water partition coefficient (Wildman–Crippen LogP) is 3.58. The van der Waals surface area contributed by atoms with Crippen LogP contribution < -0.4 is 10.6 Å². The third kappa shape index (κ3) is 7.26. The molecule has 1 aliphatic carbocycles. The molecular weight excluding hydrogens is 463 g/mol. The lowest BCUT2D eigenvalue weighted by molar-refractivity contribution is -0.130. The number of guanidine groups is 1. The fourth-order valence-electron chi connectivity index (χ4n) is 4.16. The van der Waals surface area contributed by atoms with E-state index in [1.165, 1.54) is 31.2 Å². The van der Waals surface area contributed by atoms with Crippen molar-refractivity contribution in [1.29, 1.82) is 0 Å². The molecule has 1 heterocycles. The molecule has 1 aromatic carbocycles. The van der Waals surface area contributed by atoms with Gasteiger partial charge in [0, 0.05) is 25.7 Å². The molecule has 0 spiro atoms. The number of benzene rings is 1. The zero-order valence-electron chi connectivity index (χ0n) is 17.0. The van der Waals surface area contributed by atoms with E-state index in [0.717, 1.165) is 44.9 Å². The Balaban J connectivity index is 0.00000280. The number of amides is 1. The number of aliphatic imine (C=N–C) groups is 1. The highest BCUT2D eigenvalue weighted by Crippen LogP contribution is 2.21. The number of piperidine rings is 1. The van der Waals surface area contributed by atoms with Crippen LogP contribution in [0.1, 0.15) is 51.0 Å². The number of hydrogen-bond donors (Lipinski definition) is 2. The summed E-state index contributed by atoms with van der Waals surface area (Å²) in [7, 11) is 0. The molecule has 5 nitrogen and oxygen atoms in total. The van der Waals surface area contributed by atoms with E-state index in [4.69, 9.17) is 0 Å². The van der Waals surface area contributed by atoms with Crippen LogP contribution in [0.4, 0.5) is 0 Å². The maximum Gasteiger partial charge on any atom is 0.244 e. The number of halogens is 1. The number of hydrogen-bond acceptors (Lipinski definition) is 2. The highest BCUT2D eigenvalue weighted by Gasteiger charge is 2.23. The van der Waals surface area contributed by atoms with E-state index >= 15 is 0 Å². The van der Waals surface area contributed by atoms with Gasteiger partial charge in [-0.15, -0.1) is 24.0 Å². The van der Waals surface area contributed by atoms with E-state index in [-0.39, 0.29) is 36.4 Å². The molecule has 0 atom stereocenters. The molecule has 3 rings (SSSR count). The fraction of sp³-hybridized carbons (Fsp3) is 0.636. The van der Waals surface area contributed by atoms with Crippen LogP contribution in [0.15, 0.2) is 35.3 Å². The molecule has 1 saturated heterocycles. The first-order chi connectivity index (χ1) is 13.2. The zero-order chi connectivity index (χ0) is 18.9. The van der Waals surface area contributed by atoms with Gasteiger partial charge in [0.2, 0.25) is 5.91 Å². The molecule has 2 aliphatic rings. The molecule has 156 valence electrons. The first kappa shape index (κ1) is 23.0. The Morgan fingerprint density at radius 2 is 1.79 bits per heavy atom. The zero-order valence-corrected chi connectivity index (χ0v) is 19.4. The topological polar surface area (TPSA) is 56.7 Å². The van der Waals surface area contributed by atoms with Crippen molar-refractivity contribution in [2.75, 3.05) is 26.2 Å². The minimum Gasteiger partial charge on any atom is -0.357 e.